The van der Waals surface area contributed by atoms with Gasteiger partial charge in [0.2, 0.25) is 5.91 Å². The Morgan fingerprint density at radius 2 is 1.90 bits per heavy atom. The van der Waals surface area contributed by atoms with Gasteiger partial charge in [0.25, 0.3) is 0 Å². The maximum atomic E-state index is 11.4. The lowest BCUT2D eigenvalue weighted by atomic mass is 9.97. The van der Waals surface area contributed by atoms with Crippen LogP contribution in [0.4, 0.5) is 5.69 Å². The zero-order valence-electron chi connectivity index (χ0n) is 11.3. The van der Waals surface area contributed by atoms with Crippen LogP contribution in [-0.2, 0) is 4.79 Å². The first-order valence-corrected chi connectivity index (χ1v) is 6.82. The molecule has 110 valence electrons. The van der Waals surface area contributed by atoms with Crippen molar-refractivity contribution in [3.63, 3.8) is 0 Å². The molecule has 0 heterocycles. The lowest BCUT2D eigenvalue weighted by Crippen LogP contribution is -2.39. The van der Waals surface area contributed by atoms with Crippen molar-refractivity contribution < 1.29 is 4.79 Å². The summed E-state index contributed by atoms with van der Waals surface area (Å²) in [7, 11) is 0. The summed E-state index contributed by atoms with van der Waals surface area (Å²) in [6, 6.07) is 14.7. The highest BCUT2D eigenvalue weighted by atomic mass is 35.5. The van der Waals surface area contributed by atoms with Crippen molar-refractivity contribution in [1.82, 2.24) is 10.7 Å². The molecule has 21 heavy (non-hydrogen) atoms. The summed E-state index contributed by atoms with van der Waals surface area (Å²) in [4.78, 5) is 11.4. The molecule has 2 aromatic carbocycles. The second kappa shape index (κ2) is 7.08. The fourth-order valence-corrected chi connectivity index (χ4v) is 2.27. The van der Waals surface area contributed by atoms with E-state index >= 15 is 0 Å². The summed E-state index contributed by atoms with van der Waals surface area (Å²) >= 11 is 6.06. The molecule has 0 saturated carbocycles. The molecule has 0 aliphatic rings. The van der Waals surface area contributed by atoms with Gasteiger partial charge < -0.3 is 5.73 Å². The number of carbonyl (C=O) groups excluding carboxylic acids is 1. The third-order valence-electron chi connectivity index (χ3n) is 3.12. The van der Waals surface area contributed by atoms with Gasteiger partial charge in [0.15, 0.2) is 0 Å². The normalized spacial score (nSPS) is 11.9. The van der Waals surface area contributed by atoms with E-state index in [1.165, 1.54) is 0 Å². The van der Waals surface area contributed by atoms with Gasteiger partial charge in [-0.2, -0.15) is 0 Å². The SMILES string of the molecule is NNC(=O)CN[C@H](c1ccccc1)c1cc(Cl)ccc1N. The van der Waals surface area contributed by atoms with Gasteiger partial charge in [-0.3, -0.25) is 15.5 Å². The third-order valence-corrected chi connectivity index (χ3v) is 3.36. The van der Waals surface area contributed by atoms with Crippen LogP contribution in [0, 0.1) is 0 Å². The number of rotatable bonds is 5. The summed E-state index contributed by atoms with van der Waals surface area (Å²) < 4.78 is 0. The number of amides is 1. The van der Waals surface area contributed by atoms with Gasteiger partial charge in [0.05, 0.1) is 12.6 Å². The van der Waals surface area contributed by atoms with Gasteiger partial charge in [-0.05, 0) is 29.3 Å². The molecular formula is C15H17ClN4O. The van der Waals surface area contributed by atoms with E-state index in [0.29, 0.717) is 10.7 Å². The Morgan fingerprint density at radius 3 is 2.57 bits per heavy atom. The Bertz CT molecular complexity index is 618. The van der Waals surface area contributed by atoms with E-state index in [9.17, 15) is 4.79 Å². The summed E-state index contributed by atoms with van der Waals surface area (Å²) in [5.41, 5.74) is 10.5. The Kier molecular flexibility index (Phi) is 5.16. The fourth-order valence-electron chi connectivity index (χ4n) is 2.09. The second-order valence-electron chi connectivity index (χ2n) is 4.57. The van der Waals surface area contributed by atoms with Crippen LogP contribution < -0.4 is 22.3 Å². The van der Waals surface area contributed by atoms with E-state index in [0.717, 1.165) is 11.1 Å². The van der Waals surface area contributed by atoms with Crippen LogP contribution in [0.15, 0.2) is 48.5 Å². The summed E-state index contributed by atoms with van der Waals surface area (Å²) in [5, 5.41) is 3.73. The molecule has 0 bridgehead atoms. The molecule has 0 aromatic heterocycles. The molecule has 0 fully saturated rings. The van der Waals surface area contributed by atoms with Gasteiger partial charge >= 0.3 is 0 Å². The van der Waals surface area contributed by atoms with Crippen molar-refractivity contribution in [2.24, 2.45) is 5.84 Å². The number of carbonyl (C=O) groups is 1. The number of halogens is 1. The number of benzene rings is 2. The second-order valence-corrected chi connectivity index (χ2v) is 5.00. The highest BCUT2D eigenvalue weighted by Crippen LogP contribution is 2.29. The van der Waals surface area contributed by atoms with E-state index < -0.39 is 0 Å². The van der Waals surface area contributed by atoms with Gasteiger partial charge in [0.1, 0.15) is 0 Å². The average Bonchev–Trinajstić information content (AvgIpc) is 2.51. The molecule has 2 rings (SSSR count). The van der Waals surface area contributed by atoms with Crippen molar-refractivity contribution >= 4 is 23.2 Å². The summed E-state index contributed by atoms with van der Waals surface area (Å²) in [6.07, 6.45) is 0. The first kappa shape index (κ1) is 15.3. The predicted octanol–water partition coefficient (Wildman–Crippen LogP) is 1.59. The van der Waals surface area contributed by atoms with Crippen molar-refractivity contribution in [2.75, 3.05) is 12.3 Å². The molecule has 1 amide bonds. The van der Waals surface area contributed by atoms with Crippen LogP contribution in [0.3, 0.4) is 0 Å². The minimum Gasteiger partial charge on any atom is -0.398 e. The monoisotopic (exact) mass is 304 g/mol. The molecular weight excluding hydrogens is 288 g/mol. The topological polar surface area (TPSA) is 93.2 Å². The smallest absolute Gasteiger partial charge is 0.247 e. The van der Waals surface area contributed by atoms with Gasteiger partial charge in [-0.15, -0.1) is 0 Å². The molecule has 0 aliphatic carbocycles. The molecule has 1 atom stereocenters. The number of nitrogen functional groups attached to an aromatic ring is 1. The number of nitrogens with one attached hydrogen (secondary N) is 2. The van der Waals surface area contributed by atoms with Crippen molar-refractivity contribution in [1.29, 1.82) is 0 Å². The van der Waals surface area contributed by atoms with E-state index in [-0.39, 0.29) is 18.5 Å². The first-order chi connectivity index (χ1) is 10.1. The van der Waals surface area contributed by atoms with Crippen LogP contribution >= 0.6 is 11.6 Å². The molecule has 0 aliphatic heterocycles. The van der Waals surface area contributed by atoms with Crippen molar-refractivity contribution in [2.45, 2.75) is 6.04 Å². The standard InChI is InChI=1S/C15H17ClN4O/c16-11-6-7-13(17)12(8-11)15(19-9-14(21)20-18)10-4-2-1-3-5-10/h1-8,15,19H,9,17-18H2,(H,20,21)/t15-/m1/s1. The minimum atomic E-state index is -0.309. The number of anilines is 1. The Morgan fingerprint density at radius 1 is 1.19 bits per heavy atom. The Labute approximate surface area is 128 Å². The van der Waals surface area contributed by atoms with E-state index in [1.54, 1.807) is 18.2 Å². The zero-order valence-corrected chi connectivity index (χ0v) is 12.1. The number of hydrogen-bond acceptors (Lipinski definition) is 4. The predicted molar refractivity (Wildman–Crippen MR) is 84.5 cm³/mol. The minimum absolute atomic E-state index is 0.0714. The van der Waals surface area contributed by atoms with E-state index in [2.05, 4.69) is 10.7 Å². The third kappa shape index (κ3) is 3.95. The van der Waals surface area contributed by atoms with Gasteiger partial charge in [-0.25, -0.2) is 5.84 Å². The Hall–Kier alpha value is -2.08. The van der Waals surface area contributed by atoms with Crippen LogP contribution in [0.1, 0.15) is 17.2 Å². The van der Waals surface area contributed by atoms with Gasteiger partial charge in [0, 0.05) is 10.7 Å². The molecule has 6 heteroatoms. The maximum absolute atomic E-state index is 11.4. The molecule has 0 radical (unpaired) electrons. The van der Waals surface area contributed by atoms with E-state index in [4.69, 9.17) is 23.2 Å². The number of hydrazine groups is 1. The Balaban J connectivity index is 2.35. The van der Waals surface area contributed by atoms with Crippen molar-refractivity contribution in [3.05, 3.63) is 64.7 Å². The van der Waals surface area contributed by atoms with Crippen LogP contribution in [0.25, 0.3) is 0 Å². The van der Waals surface area contributed by atoms with Crippen LogP contribution in [-0.4, -0.2) is 12.5 Å². The largest absolute Gasteiger partial charge is 0.398 e. The number of nitrogens with two attached hydrogens (primary N) is 2. The number of hydrogen-bond donors (Lipinski definition) is 4. The van der Waals surface area contributed by atoms with Crippen LogP contribution in [0.2, 0.25) is 5.02 Å². The van der Waals surface area contributed by atoms with Gasteiger partial charge in [-0.1, -0.05) is 41.9 Å². The quantitative estimate of drug-likeness (QED) is 0.292. The van der Waals surface area contributed by atoms with Crippen LogP contribution in [0.5, 0.6) is 0 Å². The highest BCUT2D eigenvalue weighted by Gasteiger charge is 2.17. The molecule has 0 unspecified atom stereocenters. The molecule has 2 aromatic rings. The summed E-state index contributed by atoms with van der Waals surface area (Å²) in [5.74, 6) is 4.80. The first-order valence-electron chi connectivity index (χ1n) is 6.44. The average molecular weight is 305 g/mol. The lowest BCUT2D eigenvalue weighted by Gasteiger charge is -2.21. The molecule has 0 spiro atoms. The highest BCUT2D eigenvalue weighted by molar-refractivity contribution is 6.30. The molecule has 5 nitrogen and oxygen atoms in total. The lowest BCUT2D eigenvalue weighted by molar-refractivity contribution is -0.120. The fraction of sp³-hybridized carbons (Fsp3) is 0.133. The summed E-state index contributed by atoms with van der Waals surface area (Å²) in [6.45, 7) is 0.0714. The zero-order chi connectivity index (χ0) is 15.2. The molecule has 6 N–H and O–H groups in total. The maximum Gasteiger partial charge on any atom is 0.247 e. The molecule has 0 saturated heterocycles. The van der Waals surface area contributed by atoms with E-state index in [1.807, 2.05) is 30.3 Å². The van der Waals surface area contributed by atoms with Crippen molar-refractivity contribution in [3.8, 4) is 0 Å².